The molecule has 2 atom stereocenters. The zero-order valence-electron chi connectivity index (χ0n) is 11.0. The van der Waals surface area contributed by atoms with Gasteiger partial charge in [0.2, 0.25) is 0 Å². The van der Waals surface area contributed by atoms with Gasteiger partial charge in [0.25, 0.3) is 0 Å². The van der Waals surface area contributed by atoms with Gasteiger partial charge in [-0.1, -0.05) is 0 Å². The Hall–Kier alpha value is -0.650. The van der Waals surface area contributed by atoms with E-state index in [0.717, 1.165) is 32.5 Å². The number of halogens is 2. The summed E-state index contributed by atoms with van der Waals surface area (Å²) in [6.07, 6.45) is 2.59. The predicted molar refractivity (Wildman–Crippen MR) is 76.0 cm³/mol. The summed E-state index contributed by atoms with van der Waals surface area (Å²) in [5, 5.41) is 3.32. The lowest BCUT2D eigenvalue weighted by Crippen LogP contribution is -2.34. The summed E-state index contributed by atoms with van der Waals surface area (Å²) >= 11 is 3.12. The molecule has 0 spiro atoms. The van der Waals surface area contributed by atoms with Gasteiger partial charge in [-0.3, -0.25) is 0 Å². The van der Waals surface area contributed by atoms with Crippen LogP contribution in [-0.2, 0) is 4.74 Å². The average Bonchev–Trinajstić information content (AvgIpc) is 2.87. The Balaban J connectivity index is 1.70. The van der Waals surface area contributed by atoms with Gasteiger partial charge in [0.15, 0.2) is 0 Å². The number of hydrogen-bond donors (Lipinski definition) is 1. The summed E-state index contributed by atoms with van der Waals surface area (Å²) in [6, 6.07) is 4.79. The molecule has 1 aliphatic rings. The monoisotopic (exact) mass is 331 g/mol. The molecule has 0 aromatic heterocycles. The van der Waals surface area contributed by atoms with E-state index in [1.807, 2.05) is 6.92 Å². The summed E-state index contributed by atoms with van der Waals surface area (Å²) < 4.78 is 24.9. The summed E-state index contributed by atoms with van der Waals surface area (Å²) in [5.74, 6) is 0.240. The van der Waals surface area contributed by atoms with E-state index in [1.165, 1.54) is 6.07 Å². The lowest BCUT2D eigenvalue weighted by molar-refractivity contribution is 0.106. The fraction of sp³-hybridized carbons (Fsp3) is 0.571. The minimum atomic E-state index is -0.308. The van der Waals surface area contributed by atoms with E-state index in [-0.39, 0.29) is 11.9 Å². The van der Waals surface area contributed by atoms with E-state index in [1.54, 1.807) is 12.1 Å². The van der Waals surface area contributed by atoms with Crippen LogP contribution in [0.3, 0.4) is 0 Å². The number of ether oxygens (including phenoxy) is 2. The van der Waals surface area contributed by atoms with Crippen molar-refractivity contribution in [3.63, 3.8) is 0 Å². The number of hydrogen-bond acceptors (Lipinski definition) is 3. The molecule has 1 N–H and O–H groups in total. The first-order chi connectivity index (χ1) is 9.15. The Morgan fingerprint density at radius 2 is 2.42 bits per heavy atom. The quantitative estimate of drug-likeness (QED) is 0.868. The van der Waals surface area contributed by atoms with Gasteiger partial charge in [-0.25, -0.2) is 4.39 Å². The standard InChI is InChI=1S/C14H19BrFNO2/c1-10(8-17-9-12-3-2-6-18-12)19-11-4-5-13(15)14(16)7-11/h4-5,7,10,12,17H,2-3,6,8-9H2,1H3. The molecule has 1 saturated heterocycles. The molecule has 106 valence electrons. The Morgan fingerprint density at radius 3 is 3.11 bits per heavy atom. The maximum Gasteiger partial charge on any atom is 0.141 e. The zero-order chi connectivity index (χ0) is 13.7. The molecular formula is C14H19BrFNO2. The molecular weight excluding hydrogens is 313 g/mol. The highest BCUT2D eigenvalue weighted by Crippen LogP contribution is 2.21. The molecule has 1 heterocycles. The van der Waals surface area contributed by atoms with Gasteiger partial charge in [-0.15, -0.1) is 0 Å². The molecule has 1 aromatic carbocycles. The van der Waals surface area contributed by atoms with Crippen LogP contribution < -0.4 is 10.1 Å². The topological polar surface area (TPSA) is 30.5 Å². The van der Waals surface area contributed by atoms with Gasteiger partial charge >= 0.3 is 0 Å². The molecule has 2 rings (SSSR count). The first kappa shape index (κ1) is 14.8. The predicted octanol–water partition coefficient (Wildman–Crippen LogP) is 3.12. The number of rotatable bonds is 6. The van der Waals surface area contributed by atoms with Gasteiger partial charge in [0.1, 0.15) is 17.7 Å². The van der Waals surface area contributed by atoms with E-state index in [2.05, 4.69) is 21.2 Å². The zero-order valence-corrected chi connectivity index (χ0v) is 12.6. The molecule has 0 bridgehead atoms. The van der Waals surface area contributed by atoms with Crippen LogP contribution in [0.2, 0.25) is 0 Å². The summed E-state index contributed by atoms with van der Waals surface area (Å²) in [4.78, 5) is 0. The van der Waals surface area contributed by atoms with Gasteiger partial charge < -0.3 is 14.8 Å². The largest absolute Gasteiger partial charge is 0.489 e. The molecule has 1 aromatic rings. The Bertz CT molecular complexity index is 410. The van der Waals surface area contributed by atoms with Crippen molar-refractivity contribution in [2.24, 2.45) is 0 Å². The molecule has 0 aliphatic carbocycles. The van der Waals surface area contributed by atoms with Crippen LogP contribution in [0.4, 0.5) is 4.39 Å². The molecule has 0 saturated carbocycles. The van der Waals surface area contributed by atoms with Crippen LogP contribution in [0.1, 0.15) is 19.8 Å². The third-order valence-corrected chi connectivity index (χ3v) is 3.70. The van der Waals surface area contributed by atoms with E-state index in [9.17, 15) is 4.39 Å². The van der Waals surface area contributed by atoms with Crippen LogP contribution >= 0.6 is 15.9 Å². The second kappa shape index (κ2) is 7.22. The van der Waals surface area contributed by atoms with Crippen molar-refractivity contribution in [1.29, 1.82) is 0 Å². The average molecular weight is 332 g/mol. The number of nitrogens with one attached hydrogen (secondary N) is 1. The van der Waals surface area contributed by atoms with Crippen LogP contribution in [0.5, 0.6) is 5.75 Å². The summed E-state index contributed by atoms with van der Waals surface area (Å²) in [7, 11) is 0. The van der Waals surface area contributed by atoms with Gasteiger partial charge in [-0.2, -0.15) is 0 Å². The highest BCUT2D eigenvalue weighted by Gasteiger charge is 2.15. The van der Waals surface area contributed by atoms with Crippen molar-refractivity contribution in [2.75, 3.05) is 19.7 Å². The molecule has 1 aliphatic heterocycles. The normalized spacial score (nSPS) is 20.5. The van der Waals surface area contributed by atoms with Crippen LogP contribution in [-0.4, -0.2) is 31.9 Å². The summed E-state index contributed by atoms with van der Waals surface area (Å²) in [6.45, 7) is 4.40. The van der Waals surface area contributed by atoms with Gasteiger partial charge in [0, 0.05) is 25.8 Å². The van der Waals surface area contributed by atoms with Crippen molar-refractivity contribution in [1.82, 2.24) is 5.32 Å². The van der Waals surface area contributed by atoms with Crippen molar-refractivity contribution >= 4 is 15.9 Å². The van der Waals surface area contributed by atoms with Crippen molar-refractivity contribution in [3.8, 4) is 5.75 Å². The first-order valence-corrected chi connectivity index (χ1v) is 7.38. The minimum Gasteiger partial charge on any atom is -0.489 e. The molecule has 0 amide bonds. The maximum absolute atomic E-state index is 13.3. The highest BCUT2D eigenvalue weighted by atomic mass is 79.9. The van der Waals surface area contributed by atoms with Gasteiger partial charge in [0.05, 0.1) is 10.6 Å². The molecule has 19 heavy (non-hydrogen) atoms. The lowest BCUT2D eigenvalue weighted by Gasteiger charge is -2.17. The first-order valence-electron chi connectivity index (χ1n) is 6.59. The SMILES string of the molecule is CC(CNCC1CCCO1)Oc1ccc(Br)c(F)c1. The Kier molecular flexibility index (Phi) is 5.60. The fourth-order valence-corrected chi connectivity index (χ4v) is 2.32. The second-order valence-corrected chi connectivity index (χ2v) is 5.65. The fourth-order valence-electron chi connectivity index (χ4n) is 2.08. The van der Waals surface area contributed by atoms with Crippen molar-refractivity contribution in [2.45, 2.75) is 32.0 Å². The molecule has 5 heteroatoms. The Morgan fingerprint density at radius 1 is 1.58 bits per heavy atom. The smallest absolute Gasteiger partial charge is 0.141 e. The molecule has 2 unspecified atom stereocenters. The van der Waals surface area contributed by atoms with Crippen LogP contribution in [0.25, 0.3) is 0 Å². The van der Waals surface area contributed by atoms with Crippen molar-refractivity contribution in [3.05, 3.63) is 28.5 Å². The van der Waals surface area contributed by atoms with E-state index >= 15 is 0 Å². The minimum absolute atomic E-state index is 0.0121. The Labute approximate surface area is 121 Å². The third kappa shape index (κ3) is 4.75. The maximum atomic E-state index is 13.3. The van der Waals surface area contributed by atoms with E-state index < -0.39 is 0 Å². The second-order valence-electron chi connectivity index (χ2n) is 4.80. The summed E-state index contributed by atoms with van der Waals surface area (Å²) in [5.41, 5.74) is 0. The van der Waals surface area contributed by atoms with Crippen molar-refractivity contribution < 1.29 is 13.9 Å². The highest BCUT2D eigenvalue weighted by molar-refractivity contribution is 9.10. The van der Waals surface area contributed by atoms with E-state index in [0.29, 0.717) is 16.3 Å². The third-order valence-electron chi connectivity index (χ3n) is 3.06. The number of benzene rings is 1. The molecule has 3 nitrogen and oxygen atoms in total. The lowest BCUT2D eigenvalue weighted by atomic mass is 10.2. The van der Waals surface area contributed by atoms with Crippen LogP contribution in [0.15, 0.2) is 22.7 Å². The molecule has 1 fully saturated rings. The van der Waals surface area contributed by atoms with Crippen LogP contribution in [0, 0.1) is 5.82 Å². The van der Waals surface area contributed by atoms with Gasteiger partial charge in [-0.05, 0) is 47.8 Å². The van der Waals surface area contributed by atoms with E-state index in [4.69, 9.17) is 9.47 Å². The molecule has 0 radical (unpaired) electrons.